The number of nitrogens with zero attached hydrogens (tertiary/aromatic N) is 3. The summed E-state index contributed by atoms with van der Waals surface area (Å²) in [5.74, 6) is -0.705. The number of benzene rings is 2. The van der Waals surface area contributed by atoms with Gasteiger partial charge in [-0.15, -0.1) is 0 Å². The standard InChI is InChI=1S/C23H21N5O2S/c1-15-7-8-16(2)20(13-15)28-12-11-24-23(28)31-14-21(29)26-27-22(30)19-10-9-17-5-3-4-6-18(17)25-19/h3-13H,14H2,1-2H3,(H,26,29)(H,27,30). The molecule has 0 bridgehead atoms. The van der Waals surface area contributed by atoms with Crippen molar-refractivity contribution in [3.05, 3.63) is 83.8 Å². The Morgan fingerprint density at radius 3 is 2.74 bits per heavy atom. The number of carbonyl (C=O) groups is 2. The molecule has 8 heteroatoms. The van der Waals surface area contributed by atoms with E-state index in [4.69, 9.17) is 0 Å². The highest BCUT2D eigenvalue weighted by Gasteiger charge is 2.13. The fourth-order valence-electron chi connectivity index (χ4n) is 3.11. The van der Waals surface area contributed by atoms with Gasteiger partial charge in [0, 0.05) is 17.8 Å². The van der Waals surface area contributed by atoms with Crippen LogP contribution in [-0.4, -0.2) is 32.1 Å². The van der Waals surface area contributed by atoms with Gasteiger partial charge in [0.2, 0.25) is 5.91 Å². The fourth-order valence-corrected chi connectivity index (χ4v) is 3.87. The predicted octanol–water partition coefficient (Wildman–Crippen LogP) is 3.59. The molecule has 2 heterocycles. The molecule has 0 aliphatic carbocycles. The van der Waals surface area contributed by atoms with Crippen LogP contribution in [0.2, 0.25) is 0 Å². The average molecular weight is 432 g/mol. The third-order valence-corrected chi connectivity index (χ3v) is 5.68. The molecule has 2 amide bonds. The lowest BCUT2D eigenvalue weighted by Crippen LogP contribution is -2.42. The van der Waals surface area contributed by atoms with Crippen LogP contribution < -0.4 is 10.9 Å². The Morgan fingerprint density at radius 1 is 1.03 bits per heavy atom. The molecule has 31 heavy (non-hydrogen) atoms. The van der Waals surface area contributed by atoms with Crippen LogP contribution in [0.25, 0.3) is 16.6 Å². The molecule has 0 fully saturated rings. The normalized spacial score (nSPS) is 10.8. The van der Waals surface area contributed by atoms with Crippen LogP contribution in [-0.2, 0) is 4.79 Å². The number of hydrogen-bond donors (Lipinski definition) is 2. The highest BCUT2D eigenvalue weighted by atomic mass is 32.2. The van der Waals surface area contributed by atoms with Crippen LogP contribution >= 0.6 is 11.8 Å². The third kappa shape index (κ3) is 4.75. The number of imidazole rings is 1. The van der Waals surface area contributed by atoms with E-state index in [1.54, 1.807) is 12.3 Å². The number of nitrogens with one attached hydrogen (secondary N) is 2. The Labute approximate surface area is 183 Å². The van der Waals surface area contributed by atoms with Crippen molar-refractivity contribution >= 4 is 34.5 Å². The maximum atomic E-state index is 12.3. The van der Waals surface area contributed by atoms with Crippen LogP contribution in [0.1, 0.15) is 21.6 Å². The summed E-state index contributed by atoms with van der Waals surface area (Å²) >= 11 is 1.29. The minimum atomic E-state index is -0.471. The molecule has 0 radical (unpaired) electrons. The van der Waals surface area contributed by atoms with Gasteiger partial charge in [0.25, 0.3) is 5.91 Å². The minimum absolute atomic E-state index is 0.104. The van der Waals surface area contributed by atoms with Gasteiger partial charge in [0.05, 0.1) is 17.0 Å². The number of hydrogen-bond acceptors (Lipinski definition) is 5. The molecule has 4 rings (SSSR count). The van der Waals surface area contributed by atoms with E-state index in [0.717, 1.165) is 27.7 Å². The van der Waals surface area contributed by atoms with E-state index in [0.29, 0.717) is 5.16 Å². The third-order valence-electron chi connectivity index (χ3n) is 4.71. The number of rotatable bonds is 5. The molecule has 0 atom stereocenters. The average Bonchev–Trinajstić information content (AvgIpc) is 3.25. The Hall–Kier alpha value is -3.65. The molecule has 4 aromatic rings. The van der Waals surface area contributed by atoms with E-state index in [2.05, 4.69) is 39.0 Å². The molecule has 0 aliphatic rings. The molecule has 0 saturated heterocycles. The smallest absolute Gasteiger partial charge is 0.288 e. The largest absolute Gasteiger partial charge is 0.295 e. The summed E-state index contributed by atoms with van der Waals surface area (Å²) in [6.07, 6.45) is 3.57. The molecular weight excluding hydrogens is 410 g/mol. The number of aryl methyl sites for hydroxylation is 2. The number of para-hydroxylation sites is 1. The molecule has 7 nitrogen and oxygen atoms in total. The second kappa shape index (κ2) is 9.01. The number of thioether (sulfide) groups is 1. The van der Waals surface area contributed by atoms with Crippen molar-refractivity contribution in [1.29, 1.82) is 0 Å². The zero-order valence-corrected chi connectivity index (χ0v) is 17.9. The van der Waals surface area contributed by atoms with Gasteiger partial charge in [-0.2, -0.15) is 0 Å². The van der Waals surface area contributed by atoms with Crippen molar-refractivity contribution in [3.8, 4) is 5.69 Å². The Kier molecular flexibility index (Phi) is 5.99. The van der Waals surface area contributed by atoms with E-state index < -0.39 is 5.91 Å². The first kappa shape index (κ1) is 20.6. The van der Waals surface area contributed by atoms with Gasteiger partial charge in [-0.1, -0.05) is 48.2 Å². The van der Waals surface area contributed by atoms with Crippen molar-refractivity contribution in [2.75, 3.05) is 5.75 Å². The first-order valence-electron chi connectivity index (χ1n) is 9.70. The van der Waals surface area contributed by atoms with Crippen LogP contribution in [0.15, 0.2) is 72.1 Å². The van der Waals surface area contributed by atoms with Gasteiger partial charge in [-0.3, -0.25) is 25.0 Å². The Bertz CT molecular complexity index is 1270. The van der Waals surface area contributed by atoms with E-state index >= 15 is 0 Å². The molecule has 0 saturated carbocycles. The Balaban J connectivity index is 1.35. The lowest BCUT2D eigenvalue weighted by Gasteiger charge is -2.11. The van der Waals surface area contributed by atoms with E-state index in [1.807, 2.05) is 54.9 Å². The van der Waals surface area contributed by atoms with Gasteiger partial charge in [0.1, 0.15) is 5.69 Å². The van der Waals surface area contributed by atoms with Crippen LogP contribution in [0, 0.1) is 13.8 Å². The molecular formula is C23H21N5O2S. The quantitative estimate of drug-likeness (QED) is 0.372. The van der Waals surface area contributed by atoms with Crippen LogP contribution in [0.3, 0.4) is 0 Å². The zero-order valence-electron chi connectivity index (χ0n) is 17.1. The van der Waals surface area contributed by atoms with Gasteiger partial charge >= 0.3 is 0 Å². The number of aromatic nitrogens is 3. The van der Waals surface area contributed by atoms with E-state index in [1.165, 1.54) is 11.8 Å². The summed E-state index contributed by atoms with van der Waals surface area (Å²) in [5, 5.41) is 1.64. The van der Waals surface area contributed by atoms with Crippen molar-refractivity contribution in [2.45, 2.75) is 19.0 Å². The summed E-state index contributed by atoms with van der Waals surface area (Å²) in [6.45, 7) is 4.07. The van der Waals surface area contributed by atoms with Crippen molar-refractivity contribution in [1.82, 2.24) is 25.4 Å². The SMILES string of the molecule is Cc1ccc(C)c(-n2ccnc2SCC(=O)NNC(=O)c2ccc3ccccc3n2)c1. The topological polar surface area (TPSA) is 88.9 Å². The van der Waals surface area contributed by atoms with Crippen LogP contribution in [0.5, 0.6) is 0 Å². The van der Waals surface area contributed by atoms with Crippen LogP contribution in [0.4, 0.5) is 0 Å². The van der Waals surface area contributed by atoms with Gasteiger partial charge in [-0.25, -0.2) is 9.97 Å². The second-order valence-electron chi connectivity index (χ2n) is 7.05. The highest BCUT2D eigenvalue weighted by molar-refractivity contribution is 7.99. The molecule has 0 unspecified atom stereocenters. The molecule has 156 valence electrons. The summed E-state index contributed by atoms with van der Waals surface area (Å²) in [7, 11) is 0. The first-order chi connectivity index (χ1) is 15.0. The maximum Gasteiger partial charge on any atom is 0.288 e. The molecule has 0 aliphatic heterocycles. The lowest BCUT2D eigenvalue weighted by molar-refractivity contribution is -0.119. The number of amides is 2. The second-order valence-corrected chi connectivity index (χ2v) is 7.99. The van der Waals surface area contributed by atoms with E-state index in [9.17, 15) is 9.59 Å². The Morgan fingerprint density at radius 2 is 1.87 bits per heavy atom. The molecule has 2 aromatic carbocycles. The first-order valence-corrected chi connectivity index (χ1v) is 10.7. The molecule has 2 N–H and O–H groups in total. The number of hydrazine groups is 1. The van der Waals surface area contributed by atoms with Crippen molar-refractivity contribution in [3.63, 3.8) is 0 Å². The summed E-state index contributed by atoms with van der Waals surface area (Å²) in [4.78, 5) is 33.2. The summed E-state index contributed by atoms with van der Waals surface area (Å²) < 4.78 is 1.96. The lowest BCUT2D eigenvalue weighted by atomic mass is 10.1. The summed E-state index contributed by atoms with van der Waals surface area (Å²) in [5.41, 5.74) is 9.09. The number of pyridine rings is 1. The molecule has 2 aromatic heterocycles. The van der Waals surface area contributed by atoms with Gasteiger partial charge in [0.15, 0.2) is 5.16 Å². The summed E-state index contributed by atoms with van der Waals surface area (Å²) in [6, 6.07) is 17.2. The number of fused-ring (bicyclic) bond motifs is 1. The highest BCUT2D eigenvalue weighted by Crippen LogP contribution is 2.23. The fraction of sp³-hybridized carbons (Fsp3) is 0.130. The predicted molar refractivity (Wildman–Crippen MR) is 121 cm³/mol. The van der Waals surface area contributed by atoms with Crippen molar-refractivity contribution in [2.24, 2.45) is 0 Å². The zero-order chi connectivity index (χ0) is 21.8. The van der Waals surface area contributed by atoms with Gasteiger partial charge < -0.3 is 0 Å². The monoisotopic (exact) mass is 431 g/mol. The van der Waals surface area contributed by atoms with Crippen molar-refractivity contribution < 1.29 is 9.59 Å². The molecule has 0 spiro atoms. The minimum Gasteiger partial charge on any atom is -0.295 e. The van der Waals surface area contributed by atoms with Gasteiger partial charge in [-0.05, 0) is 43.2 Å². The van der Waals surface area contributed by atoms with E-state index in [-0.39, 0.29) is 17.4 Å². The maximum absolute atomic E-state index is 12.3. The number of carbonyl (C=O) groups excluding carboxylic acids is 2.